The summed E-state index contributed by atoms with van der Waals surface area (Å²) in [5, 5.41) is 13.9. The van der Waals surface area contributed by atoms with Crippen molar-refractivity contribution in [3.8, 4) is 22.6 Å². The average molecular weight is 475 g/mol. The van der Waals surface area contributed by atoms with E-state index < -0.39 is 11.5 Å². The van der Waals surface area contributed by atoms with E-state index in [0.717, 1.165) is 16.9 Å². The third-order valence-electron chi connectivity index (χ3n) is 6.02. The molecule has 0 aliphatic carbocycles. The van der Waals surface area contributed by atoms with Gasteiger partial charge in [-0.25, -0.2) is 0 Å². The van der Waals surface area contributed by atoms with Crippen LogP contribution in [0, 0.1) is 13.8 Å². The first-order chi connectivity index (χ1) is 16.5. The van der Waals surface area contributed by atoms with Crippen LogP contribution in [0.25, 0.3) is 22.1 Å². The van der Waals surface area contributed by atoms with E-state index in [0.29, 0.717) is 34.4 Å². The summed E-state index contributed by atoms with van der Waals surface area (Å²) in [5.74, 6) is 0.952. The molecule has 2 N–H and O–H groups in total. The van der Waals surface area contributed by atoms with E-state index in [-0.39, 0.29) is 16.9 Å². The number of benzene rings is 2. The predicted molar refractivity (Wildman–Crippen MR) is 136 cm³/mol. The summed E-state index contributed by atoms with van der Waals surface area (Å²) in [4.78, 5) is 25.3. The van der Waals surface area contributed by atoms with Gasteiger partial charge in [0.25, 0.3) is 11.5 Å². The monoisotopic (exact) mass is 474 g/mol. The van der Waals surface area contributed by atoms with Gasteiger partial charge in [0, 0.05) is 36.3 Å². The van der Waals surface area contributed by atoms with Crippen LogP contribution in [0.2, 0.25) is 0 Å². The smallest absolute Gasteiger partial charge is 0.293 e. The minimum Gasteiger partial charge on any atom is -0.456 e. The standard InChI is InChI=1S/C28H30N2O5/c1-7-29-26(31)23-14-20-21(15-30(6)27(32)25(20)35-23)19-13-18(28(4,5)33)11-12-22(19)34-24-16(2)9-8-10-17(24)3/h8-15,33H,7H2,1-6H3,(H,29,31). The number of para-hydroxylation sites is 1. The summed E-state index contributed by atoms with van der Waals surface area (Å²) in [5.41, 5.74) is 2.58. The Bertz CT molecular complexity index is 1470. The number of fused-ring (bicyclic) bond motifs is 1. The number of furan rings is 1. The number of aryl methyl sites for hydroxylation is 3. The van der Waals surface area contributed by atoms with Gasteiger partial charge >= 0.3 is 0 Å². The Morgan fingerprint density at radius 2 is 1.80 bits per heavy atom. The SMILES string of the molecule is CCNC(=O)c1cc2c(-c3cc(C(C)(C)O)ccc3Oc3c(C)cccc3C)cn(C)c(=O)c2o1. The maximum absolute atomic E-state index is 12.9. The van der Waals surface area contributed by atoms with Crippen LogP contribution < -0.4 is 15.6 Å². The largest absolute Gasteiger partial charge is 0.456 e. The number of nitrogens with zero attached hydrogens (tertiary/aromatic N) is 1. The quantitative estimate of drug-likeness (QED) is 0.401. The first kappa shape index (κ1) is 24.3. The van der Waals surface area contributed by atoms with Gasteiger partial charge in [-0.15, -0.1) is 0 Å². The topological polar surface area (TPSA) is 93.7 Å². The van der Waals surface area contributed by atoms with Gasteiger partial charge in [0.1, 0.15) is 11.5 Å². The van der Waals surface area contributed by atoms with Crippen LogP contribution in [-0.2, 0) is 12.6 Å². The fourth-order valence-electron chi connectivity index (χ4n) is 4.09. The minimum atomic E-state index is -1.10. The van der Waals surface area contributed by atoms with Gasteiger partial charge in [0.15, 0.2) is 5.76 Å². The first-order valence-corrected chi connectivity index (χ1v) is 11.5. The van der Waals surface area contributed by atoms with Crippen molar-refractivity contribution in [2.24, 2.45) is 7.05 Å². The van der Waals surface area contributed by atoms with E-state index in [2.05, 4.69) is 5.32 Å². The molecule has 0 aliphatic heterocycles. The zero-order valence-electron chi connectivity index (χ0n) is 20.9. The predicted octanol–water partition coefficient (Wildman–Crippen LogP) is 5.18. The van der Waals surface area contributed by atoms with E-state index in [1.54, 1.807) is 33.2 Å². The molecule has 0 radical (unpaired) electrons. The normalized spacial score (nSPS) is 11.6. The second-order valence-corrected chi connectivity index (χ2v) is 9.26. The van der Waals surface area contributed by atoms with Crippen molar-refractivity contribution in [3.05, 3.63) is 81.5 Å². The van der Waals surface area contributed by atoms with Gasteiger partial charge in [0.2, 0.25) is 5.58 Å². The lowest BCUT2D eigenvalue weighted by Gasteiger charge is -2.22. The van der Waals surface area contributed by atoms with Crippen LogP contribution >= 0.6 is 0 Å². The molecule has 1 amide bonds. The number of amides is 1. The molecule has 7 nitrogen and oxygen atoms in total. The van der Waals surface area contributed by atoms with Gasteiger partial charge in [-0.2, -0.15) is 0 Å². The Kier molecular flexibility index (Phi) is 6.30. The Labute approximate surface area is 204 Å². The second-order valence-electron chi connectivity index (χ2n) is 9.26. The number of pyridine rings is 1. The lowest BCUT2D eigenvalue weighted by molar-refractivity contribution is 0.0786. The summed E-state index contributed by atoms with van der Waals surface area (Å²) in [7, 11) is 1.63. The Hall–Kier alpha value is -3.84. The average Bonchev–Trinajstić information content (AvgIpc) is 3.24. The summed E-state index contributed by atoms with van der Waals surface area (Å²) in [6.45, 7) is 9.62. The van der Waals surface area contributed by atoms with Crippen molar-refractivity contribution >= 4 is 16.9 Å². The fourth-order valence-corrected chi connectivity index (χ4v) is 4.09. The highest BCUT2D eigenvalue weighted by Crippen LogP contribution is 2.41. The van der Waals surface area contributed by atoms with Crippen LogP contribution in [0.1, 0.15) is 48.0 Å². The maximum atomic E-state index is 12.9. The molecule has 182 valence electrons. The molecule has 0 aliphatic rings. The Balaban J connectivity index is 2.00. The Morgan fingerprint density at radius 1 is 1.11 bits per heavy atom. The van der Waals surface area contributed by atoms with E-state index in [9.17, 15) is 14.7 Å². The van der Waals surface area contributed by atoms with Gasteiger partial charge < -0.3 is 24.1 Å². The molecule has 0 atom stereocenters. The molecule has 0 fully saturated rings. The van der Waals surface area contributed by atoms with E-state index in [1.165, 1.54) is 4.57 Å². The van der Waals surface area contributed by atoms with Crippen molar-refractivity contribution in [1.82, 2.24) is 9.88 Å². The van der Waals surface area contributed by atoms with Crippen molar-refractivity contribution in [1.29, 1.82) is 0 Å². The highest BCUT2D eigenvalue weighted by molar-refractivity contribution is 6.01. The number of aromatic nitrogens is 1. The molecular formula is C28H30N2O5. The highest BCUT2D eigenvalue weighted by atomic mass is 16.5. The zero-order chi connectivity index (χ0) is 25.5. The molecule has 2 aromatic carbocycles. The van der Waals surface area contributed by atoms with Crippen LogP contribution in [0.4, 0.5) is 0 Å². The number of nitrogens with one attached hydrogen (secondary N) is 1. The summed E-state index contributed by atoms with van der Waals surface area (Å²) in [6, 6.07) is 13.0. The van der Waals surface area contributed by atoms with Gasteiger partial charge in [-0.3, -0.25) is 9.59 Å². The van der Waals surface area contributed by atoms with Gasteiger partial charge in [0.05, 0.1) is 5.60 Å². The molecule has 0 saturated heterocycles. The first-order valence-electron chi connectivity index (χ1n) is 11.5. The molecule has 0 bridgehead atoms. The molecule has 0 spiro atoms. The van der Waals surface area contributed by atoms with Crippen LogP contribution in [0.5, 0.6) is 11.5 Å². The number of rotatable bonds is 6. The number of hydrogen-bond acceptors (Lipinski definition) is 5. The zero-order valence-corrected chi connectivity index (χ0v) is 20.9. The highest BCUT2D eigenvalue weighted by Gasteiger charge is 2.24. The maximum Gasteiger partial charge on any atom is 0.293 e. The number of hydrogen-bond donors (Lipinski definition) is 2. The van der Waals surface area contributed by atoms with Crippen molar-refractivity contribution in [2.75, 3.05) is 6.54 Å². The van der Waals surface area contributed by atoms with Crippen molar-refractivity contribution in [3.63, 3.8) is 0 Å². The third kappa shape index (κ3) is 4.59. The van der Waals surface area contributed by atoms with E-state index in [1.807, 2.05) is 57.2 Å². The van der Waals surface area contributed by atoms with Crippen LogP contribution in [-0.4, -0.2) is 22.1 Å². The number of ether oxygens (including phenoxy) is 1. The number of aliphatic hydroxyl groups is 1. The van der Waals surface area contributed by atoms with E-state index >= 15 is 0 Å². The number of carbonyl (C=O) groups excluding carboxylic acids is 1. The molecule has 4 rings (SSSR count). The molecule has 4 aromatic rings. The van der Waals surface area contributed by atoms with Crippen LogP contribution in [0.15, 0.2) is 57.9 Å². The minimum absolute atomic E-state index is 0.0576. The summed E-state index contributed by atoms with van der Waals surface area (Å²) >= 11 is 0. The Morgan fingerprint density at radius 3 is 2.43 bits per heavy atom. The van der Waals surface area contributed by atoms with Crippen molar-refractivity contribution < 1.29 is 19.1 Å². The summed E-state index contributed by atoms with van der Waals surface area (Å²) in [6.07, 6.45) is 1.70. The molecule has 35 heavy (non-hydrogen) atoms. The lowest BCUT2D eigenvalue weighted by Crippen LogP contribution is -2.22. The van der Waals surface area contributed by atoms with Gasteiger partial charge in [-0.05, 0) is 69.5 Å². The molecular weight excluding hydrogens is 444 g/mol. The molecule has 7 heteroatoms. The van der Waals surface area contributed by atoms with Crippen molar-refractivity contribution in [2.45, 2.75) is 40.2 Å². The molecule has 2 heterocycles. The second kappa shape index (κ2) is 9.07. The fraction of sp³-hybridized carbons (Fsp3) is 0.286. The lowest BCUT2D eigenvalue weighted by atomic mass is 9.93. The summed E-state index contributed by atoms with van der Waals surface area (Å²) < 4.78 is 13.6. The van der Waals surface area contributed by atoms with Gasteiger partial charge in [-0.1, -0.05) is 24.3 Å². The van der Waals surface area contributed by atoms with Crippen LogP contribution in [0.3, 0.4) is 0 Å². The molecule has 0 unspecified atom stereocenters. The van der Waals surface area contributed by atoms with E-state index in [4.69, 9.17) is 9.15 Å². The third-order valence-corrected chi connectivity index (χ3v) is 6.02. The molecule has 0 saturated carbocycles. The molecule has 2 aromatic heterocycles. The number of carbonyl (C=O) groups is 1.